The molecule has 0 saturated heterocycles. The van der Waals surface area contributed by atoms with Gasteiger partial charge in [0.05, 0.1) is 11.3 Å². The Bertz CT molecular complexity index is 261. The Kier molecular flexibility index (Phi) is 2.83. The lowest BCUT2D eigenvalue weighted by atomic mass is 9.65. The average Bonchev–Trinajstić information content (AvgIpc) is 2.09. The van der Waals surface area contributed by atoms with Gasteiger partial charge in [0, 0.05) is 0 Å². The molecule has 4 nitrogen and oxygen atoms in total. The monoisotopic (exact) mass is 200 g/mol. The zero-order valence-electron chi connectivity index (χ0n) is 8.49. The van der Waals surface area contributed by atoms with E-state index in [9.17, 15) is 9.59 Å². The molecule has 0 radical (unpaired) electrons. The number of rotatable bonds is 2. The van der Waals surface area contributed by atoms with Crippen LogP contribution in [0.5, 0.6) is 0 Å². The molecule has 3 atom stereocenters. The van der Waals surface area contributed by atoms with Gasteiger partial charge in [-0.05, 0) is 32.1 Å². The van der Waals surface area contributed by atoms with Gasteiger partial charge < -0.3 is 10.2 Å². The molecular weight excluding hydrogens is 184 g/mol. The summed E-state index contributed by atoms with van der Waals surface area (Å²) in [6, 6.07) is 0. The fraction of sp³-hybridized carbons (Fsp3) is 0.800. The van der Waals surface area contributed by atoms with Crippen LogP contribution in [0.25, 0.3) is 0 Å². The maximum Gasteiger partial charge on any atom is 0.309 e. The molecule has 1 fully saturated rings. The smallest absolute Gasteiger partial charge is 0.309 e. The molecule has 0 aromatic carbocycles. The maximum absolute atomic E-state index is 11.0. The molecule has 0 heterocycles. The van der Waals surface area contributed by atoms with Crippen molar-refractivity contribution in [1.82, 2.24) is 0 Å². The Balaban J connectivity index is 2.74. The summed E-state index contributed by atoms with van der Waals surface area (Å²) < 4.78 is 0. The topological polar surface area (TPSA) is 74.6 Å². The van der Waals surface area contributed by atoms with E-state index in [1.165, 1.54) is 0 Å². The molecule has 2 N–H and O–H groups in total. The molecule has 0 spiro atoms. The van der Waals surface area contributed by atoms with E-state index in [-0.39, 0.29) is 11.8 Å². The highest BCUT2D eigenvalue weighted by Crippen LogP contribution is 2.43. The van der Waals surface area contributed by atoms with Crippen molar-refractivity contribution in [2.45, 2.75) is 33.1 Å². The summed E-state index contributed by atoms with van der Waals surface area (Å²) in [7, 11) is 0. The molecule has 1 rings (SSSR count). The molecule has 1 aliphatic carbocycles. The molecular formula is C10H16O4. The van der Waals surface area contributed by atoms with Gasteiger partial charge in [-0.3, -0.25) is 9.59 Å². The SMILES string of the molecule is C[C@H]1C[C@@H](C(=O)O)CCC1(C)C(=O)O. The van der Waals surface area contributed by atoms with Crippen LogP contribution in [0.3, 0.4) is 0 Å². The van der Waals surface area contributed by atoms with Crippen LogP contribution in [0.4, 0.5) is 0 Å². The minimum atomic E-state index is -0.811. The quantitative estimate of drug-likeness (QED) is 0.710. The third-order valence-electron chi connectivity index (χ3n) is 3.58. The van der Waals surface area contributed by atoms with Gasteiger partial charge in [0.2, 0.25) is 0 Å². The number of hydrogen-bond donors (Lipinski definition) is 2. The fourth-order valence-corrected chi connectivity index (χ4v) is 2.07. The van der Waals surface area contributed by atoms with Crippen molar-refractivity contribution in [1.29, 1.82) is 0 Å². The van der Waals surface area contributed by atoms with Gasteiger partial charge in [-0.2, -0.15) is 0 Å². The van der Waals surface area contributed by atoms with Crippen LogP contribution in [0.1, 0.15) is 33.1 Å². The predicted octanol–water partition coefficient (Wildman–Crippen LogP) is 1.60. The third kappa shape index (κ3) is 1.74. The van der Waals surface area contributed by atoms with Crippen LogP contribution in [0.15, 0.2) is 0 Å². The van der Waals surface area contributed by atoms with Crippen LogP contribution in [-0.2, 0) is 9.59 Å². The molecule has 0 aromatic rings. The minimum Gasteiger partial charge on any atom is -0.481 e. The Morgan fingerprint density at radius 2 is 1.93 bits per heavy atom. The van der Waals surface area contributed by atoms with E-state index in [0.717, 1.165) is 0 Å². The number of aliphatic carboxylic acids is 2. The highest BCUT2D eigenvalue weighted by molar-refractivity contribution is 5.76. The lowest BCUT2D eigenvalue weighted by molar-refractivity contribution is -0.158. The zero-order valence-corrected chi connectivity index (χ0v) is 8.49. The Labute approximate surface area is 82.9 Å². The van der Waals surface area contributed by atoms with E-state index in [1.54, 1.807) is 6.92 Å². The van der Waals surface area contributed by atoms with Gasteiger partial charge in [0.1, 0.15) is 0 Å². The second kappa shape index (κ2) is 3.59. The highest BCUT2D eigenvalue weighted by atomic mass is 16.4. The predicted molar refractivity (Wildman–Crippen MR) is 49.9 cm³/mol. The van der Waals surface area contributed by atoms with E-state index in [1.807, 2.05) is 6.92 Å². The Morgan fingerprint density at radius 3 is 2.29 bits per heavy atom. The van der Waals surface area contributed by atoms with Crippen molar-refractivity contribution in [2.24, 2.45) is 17.3 Å². The van der Waals surface area contributed by atoms with Gasteiger partial charge in [0.25, 0.3) is 0 Å². The summed E-state index contributed by atoms with van der Waals surface area (Å²) in [5.74, 6) is -2.05. The van der Waals surface area contributed by atoms with Crippen LogP contribution in [0.2, 0.25) is 0 Å². The largest absolute Gasteiger partial charge is 0.481 e. The Morgan fingerprint density at radius 1 is 1.36 bits per heavy atom. The number of carboxylic acid groups (broad SMARTS) is 2. The van der Waals surface area contributed by atoms with Gasteiger partial charge in [-0.1, -0.05) is 6.92 Å². The summed E-state index contributed by atoms with van der Waals surface area (Å²) in [5.41, 5.74) is -0.744. The van der Waals surface area contributed by atoms with Crippen LogP contribution >= 0.6 is 0 Å². The second-order valence-corrected chi connectivity index (χ2v) is 4.43. The molecule has 0 bridgehead atoms. The van der Waals surface area contributed by atoms with Crippen molar-refractivity contribution < 1.29 is 19.8 Å². The third-order valence-corrected chi connectivity index (χ3v) is 3.58. The lowest BCUT2D eigenvalue weighted by Gasteiger charge is -2.38. The molecule has 0 aromatic heterocycles. The number of carbonyl (C=O) groups is 2. The van der Waals surface area contributed by atoms with Gasteiger partial charge >= 0.3 is 11.9 Å². The molecule has 1 saturated carbocycles. The molecule has 80 valence electrons. The average molecular weight is 200 g/mol. The summed E-state index contributed by atoms with van der Waals surface area (Å²) in [4.78, 5) is 21.7. The fourth-order valence-electron chi connectivity index (χ4n) is 2.07. The second-order valence-electron chi connectivity index (χ2n) is 4.43. The first-order valence-electron chi connectivity index (χ1n) is 4.84. The molecule has 0 amide bonds. The lowest BCUT2D eigenvalue weighted by Crippen LogP contribution is -2.40. The molecule has 4 heteroatoms. The number of carboxylic acids is 2. The van der Waals surface area contributed by atoms with Crippen molar-refractivity contribution in [3.63, 3.8) is 0 Å². The van der Waals surface area contributed by atoms with Crippen molar-refractivity contribution in [3.05, 3.63) is 0 Å². The van der Waals surface area contributed by atoms with Gasteiger partial charge in [-0.15, -0.1) is 0 Å². The molecule has 0 aliphatic heterocycles. The first-order valence-corrected chi connectivity index (χ1v) is 4.84. The van der Waals surface area contributed by atoms with E-state index in [2.05, 4.69) is 0 Å². The van der Waals surface area contributed by atoms with E-state index in [0.29, 0.717) is 19.3 Å². The summed E-state index contributed by atoms with van der Waals surface area (Å²) in [6.45, 7) is 3.53. The van der Waals surface area contributed by atoms with Gasteiger partial charge in [0.15, 0.2) is 0 Å². The van der Waals surface area contributed by atoms with Crippen LogP contribution < -0.4 is 0 Å². The highest BCUT2D eigenvalue weighted by Gasteiger charge is 2.44. The van der Waals surface area contributed by atoms with Gasteiger partial charge in [-0.25, -0.2) is 0 Å². The summed E-state index contributed by atoms with van der Waals surface area (Å²) in [5, 5.41) is 17.9. The van der Waals surface area contributed by atoms with Crippen LogP contribution in [-0.4, -0.2) is 22.2 Å². The molecule has 1 aliphatic rings. The van der Waals surface area contributed by atoms with Crippen molar-refractivity contribution >= 4 is 11.9 Å². The normalized spacial score (nSPS) is 37.9. The Hall–Kier alpha value is -1.06. The summed E-state index contributed by atoms with van der Waals surface area (Å²) in [6.07, 6.45) is 1.40. The first-order chi connectivity index (χ1) is 6.38. The number of hydrogen-bond acceptors (Lipinski definition) is 2. The van der Waals surface area contributed by atoms with E-state index in [4.69, 9.17) is 10.2 Å². The maximum atomic E-state index is 11.0. The molecule has 14 heavy (non-hydrogen) atoms. The van der Waals surface area contributed by atoms with E-state index >= 15 is 0 Å². The standard InChI is InChI=1S/C10H16O4/c1-6-5-7(8(11)12)3-4-10(6,2)9(13)14/h6-7H,3-5H2,1-2H3,(H,11,12)(H,13,14)/t6-,7-,10?/m0/s1. The zero-order chi connectivity index (χ0) is 10.9. The van der Waals surface area contributed by atoms with E-state index < -0.39 is 17.4 Å². The summed E-state index contributed by atoms with van der Waals surface area (Å²) >= 11 is 0. The minimum absolute atomic E-state index is 0.0742. The first kappa shape index (κ1) is 11.0. The van der Waals surface area contributed by atoms with Crippen LogP contribution in [0, 0.1) is 17.3 Å². The molecule has 1 unspecified atom stereocenters. The van der Waals surface area contributed by atoms with Crippen molar-refractivity contribution in [3.8, 4) is 0 Å². The van der Waals surface area contributed by atoms with Crippen molar-refractivity contribution in [2.75, 3.05) is 0 Å².